The molecule has 4 nitrogen and oxygen atoms in total. The van der Waals surface area contributed by atoms with Crippen LogP contribution in [0.4, 0.5) is 11.4 Å². The molecule has 0 fully saturated rings. The third kappa shape index (κ3) is 4.96. The van der Waals surface area contributed by atoms with Gasteiger partial charge in [-0.05, 0) is 77.1 Å². The number of amides is 1. The zero-order valence-corrected chi connectivity index (χ0v) is 20.7. The zero-order valence-electron chi connectivity index (χ0n) is 19.9. The topological polar surface area (TPSA) is 57.6 Å². The van der Waals surface area contributed by atoms with Crippen LogP contribution in [0.15, 0.2) is 60.7 Å². The van der Waals surface area contributed by atoms with Gasteiger partial charge in [0.05, 0.1) is 11.3 Å². The Morgan fingerprint density at radius 2 is 1.55 bits per heavy atom. The molecule has 0 aliphatic carbocycles. The van der Waals surface area contributed by atoms with Crippen LogP contribution in [0.5, 0.6) is 0 Å². The molecule has 3 aromatic carbocycles. The van der Waals surface area contributed by atoms with Gasteiger partial charge in [0.15, 0.2) is 0 Å². The molecule has 0 aromatic heterocycles. The van der Waals surface area contributed by atoms with E-state index in [1.807, 2.05) is 12.1 Å². The van der Waals surface area contributed by atoms with Gasteiger partial charge in [0.25, 0.3) is 0 Å². The molecule has 5 heteroatoms. The fourth-order valence-electron chi connectivity index (χ4n) is 4.22. The normalized spacial score (nSPS) is 11.8. The molecule has 0 heterocycles. The van der Waals surface area contributed by atoms with Crippen molar-refractivity contribution in [3.63, 3.8) is 0 Å². The number of carbonyl (C=O) groups excluding carboxylic acids is 1. The SMILES string of the molecule is Cc1cc(C(C)(C)C)ccc1C(C)(C)c1cc(Cl)ccc1N(C=O)c1ccc(C(=O)O)cc1. The van der Waals surface area contributed by atoms with Crippen LogP contribution in [0.1, 0.15) is 67.2 Å². The Labute approximate surface area is 200 Å². The maximum absolute atomic E-state index is 12.2. The highest BCUT2D eigenvalue weighted by Crippen LogP contribution is 2.42. The van der Waals surface area contributed by atoms with Gasteiger partial charge in [-0.1, -0.05) is 64.4 Å². The minimum atomic E-state index is -1.01. The number of rotatable bonds is 6. The summed E-state index contributed by atoms with van der Waals surface area (Å²) in [5.41, 5.74) is 5.50. The van der Waals surface area contributed by atoms with Gasteiger partial charge in [0, 0.05) is 16.1 Å². The number of aryl methyl sites for hydroxylation is 1. The van der Waals surface area contributed by atoms with Gasteiger partial charge in [-0.15, -0.1) is 0 Å². The lowest BCUT2D eigenvalue weighted by atomic mass is 9.74. The molecule has 1 N–H and O–H groups in total. The number of benzene rings is 3. The number of halogens is 1. The van der Waals surface area contributed by atoms with Crippen molar-refractivity contribution in [1.82, 2.24) is 0 Å². The summed E-state index contributed by atoms with van der Waals surface area (Å²) in [4.78, 5) is 25.0. The maximum Gasteiger partial charge on any atom is 0.335 e. The van der Waals surface area contributed by atoms with Crippen LogP contribution in [0.25, 0.3) is 0 Å². The Balaban J connectivity index is 2.15. The predicted octanol–water partition coefficient (Wildman–Crippen LogP) is 7.26. The fourth-order valence-corrected chi connectivity index (χ4v) is 4.39. The quantitative estimate of drug-likeness (QED) is 0.391. The Hall–Kier alpha value is -3.11. The van der Waals surface area contributed by atoms with E-state index in [0.29, 0.717) is 16.4 Å². The van der Waals surface area contributed by atoms with E-state index in [1.165, 1.54) is 28.2 Å². The lowest BCUT2D eigenvalue weighted by Crippen LogP contribution is -2.26. The first kappa shape index (κ1) is 24.5. The molecule has 0 radical (unpaired) electrons. The van der Waals surface area contributed by atoms with E-state index in [9.17, 15) is 14.7 Å². The second-order valence-electron chi connectivity index (χ2n) is 9.89. The van der Waals surface area contributed by atoms with Crippen LogP contribution < -0.4 is 4.90 Å². The lowest BCUT2D eigenvalue weighted by molar-refractivity contribution is -0.106. The highest BCUT2D eigenvalue weighted by Gasteiger charge is 2.30. The summed E-state index contributed by atoms with van der Waals surface area (Å²) in [6, 6.07) is 18.3. The number of hydrogen-bond donors (Lipinski definition) is 1. The molecule has 1 amide bonds. The minimum Gasteiger partial charge on any atom is -0.478 e. The Bertz CT molecular complexity index is 1190. The smallest absolute Gasteiger partial charge is 0.335 e. The van der Waals surface area contributed by atoms with Crippen molar-refractivity contribution >= 4 is 35.4 Å². The van der Waals surface area contributed by atoms with Gasteiger partial charge in [0.2, 0.25) is 6.41 Å². The van der Waals surface area contributed by atoms with Crippen LogP contribution in [0, 0.1) is 6.92 Å². The van der Waals surface area contributed by atoms with Gasteiger partial charge in [0.1, 0.15) is 0 Å². The fraction of sp³-hybridized carbons (Fsp3) is 0.286. The summed E-state index contributed by atoms with van der Waals surface area (Å²) >= 11 is 6.41. The van der Waals surface area contributed by atoms with Crippen molar-refractivity contribution in [2.24, 2.45) is 0 Å². The molecule has 33 heavy (non-hydrogen) atoms. The van der Waals surface area contributed by atoms with Crippen molar-refractivity contribution in [3.8, 4) is 0 Å². The van der Waals surface area contributed by atoms with Crippen LogP contribution in [0.2, 0.25) is 5.02 Å². The molecule has 3 aromatic rings. The van der Waals surface area contributed by atoms with E-state index < -0.39 is 11.4 Å². The number of carboxylic acids is 1. The first-order valence-electron chi connectivity index (χ1n) is 10.9. The monoisotopic (exact) mass is 463 g/mol. The average molecular weight is 464 g/mol. The molecule has 0 bridgehead atoms. The van der Waals surface area contributed by atoms with Crippen molar-refractivity contribution in [2.75, 3.05) is 4.90 Å². The number of carbonyl (C=O) groups is 2. The maximum atomic E-state index is 12.2. The number of hydrogen-bond acceptors (Lipinski definition) is 2. The molecule has 3 rings (SSSR count). The number of nitrogens with zero attached hydrogens (tertiary/aromatic N) is 1. The number of carboxylic acid groups (broad SMARTS) is 1. The number of anilines is 2. The Morgan fingerprint density at radius 1 is 0.909 bits per heavy atom. The first-order chi connectivity index (χ1) is 15.4. The van der Waals surface area contributed by atoms with Crippen LogP contribution >= 0.6 is 11.6 Å². The summed E-state index contributed by atoms with van der Waals surface area (Å²) in [6.07, 6.45) is 0.744. The standard InChI is InChI=1S/C28H30ClNO3/c1-18-15-20(27(2,3)4)9-13-23(18)28(5,6)24-16-21(29)10-14-25(24)30(17-31)22-11-7-19(8-12-22)26(32)33/h7-17H,1-6H3,(H,32,33). The second kappa shape index (κ2) is 9.03. The van der Waals surface area contributed by atoms with Crippen molar-refractivity contribution in [1.29, 1.82) is 0 Å². The van der Waals surface area contributed by atoms with Gasteiger partial charge in [-0.2, -0.15) is 0 Å². The average Bonchev–Trinajstić information content (AvgIpc) is 2.74. The van der Waals surface area contributed by atoms with Crippen LogP contribution in [-0.2, 0) is 15.6 Å². The van der Waals surface area contributed by atoms with E-state index in [2.05, 4.69) is 59.7 Å². The van der Waals surface area contributed by atoms with Crippen LogP contribution in [-0.4, -0.2) is 17.5 Å². The summed E-state index contributed by atoms with van der Waals surface area (Å²) in [6.45, 7) is 12.9. The zero-order chi connectivity index (χ0) is 24.6. The third-order valence-electron chi connectivity index (χ3n) is 6.16. The van der Waals surface area contributed by atoms with E-state index in [4.69, 9.17) is 11.6 Å². The van der Waals surface area contributed by atoms with Crippen LogP contribution in [0.3, 0.4) is 0 Å². The molecule has 0 saturated carbocycles. The summed E-state index contributed by atoms with van der Waals surface area (Å²) in [5, 5.41) is 9.78. The molecular weight excluding hydrogens is 434 g/mol. The molecule has 0 aliphatic rings. The minimum absolute atomic E-state index is 0.0467. The highest BCUT2D eigenvalue weighted by molar-refractivity contribution is 6.30. The largest absolute Gasteiger partial charge is 0.478 e. The summed E-state index contributed by atoms with van der Waals surface area (Å²) < 4.78 is 0. The molecule has 0 spiro atoms. The van der Waals surface area contributed by atoms with E-state index in [0.717, 1.165) is 17.5 Å². The summed E-state index contributed by atoms with van der Waals surface area (Å²) in [5.74, 6) is -1.01. The molecular formula is C28H30ClNO3. The lowest BCUT2D eigenvalue weighted by Gasteiger charge is -2.33. The molecule has 0 atom stereocenters. The number of aromatic carboxylic acids is 1. The first-order valence-corrected chi connectivity index (χ1v) is 11.2. The second-order valence-corrected chi connectivity index (χ2v) is 10.3. The van der Waals surface area contributed by atoms with Crippen molar-refractivity contribution < 1.29 is 14.7 Å². The van der Waals surface area contributed by atoms with Gasteiger partial charge >= 0.3 is 5.97 Å². The highest BCUT2D eigenvalue weighted by atomic mass is 35.5. The molecule has 0 unspecified atom stereocenters. The molecule has 0 saturated heterocycles. The predicted molar refractivity (Wildman–Crippen MR) is 135 cm³/mol. The molecule has 0 aliphatic heterocycles. The van der Waals surface area contributed by atoms with E-state index in [1.54, 1.807) is 18.2 Å². The van der Waals surface area contributed by atoms with Gasteiger partial charge < -0.3 is 5.11 Å². The van der Waals surface area contributed by atoms with Gasteiger partial charge in [-0.3, -0.25) is 9.69 Å². The Kier molecular flexibility index (Phi) is 6.71. The van der Waals surface area contributed by atoms with Crippen molar-refractivity contribution in [3.05, 3.63) is 93.5 Å². The Morgan fingerprint density at radius 3 is 2.06 bits per heavy atom. The van der Waals surface area contributed by atoms with E-state index in [-0.39, 0.29) is 11.0 Å². The summed E-state index contributed by atoms with van der Waals surface area (Å²) in [7, 11) is 0. The van der Waals surface area contributed by atoms with Gasteiger partial charge in [-0.25, -0.2) is 4.79 Å². The van der Waals surface area contributed by atoms with E-state index >= 15 is 0 Å². The molecule has 172 valence electrons. The van der Waals surface area contributed by atoms with Crippen molar-refractivity contribution in [2.45, 2.75) is 52.4 Å². The third-order valence-corrected chi connectivity index (χ3v) is 6.39.